The summed E-state index contributed by atoms with van der Waals surface area (Å²) in [5, 5.41) is 3.39. The average Bonchev–Trinajstić information content (AvgIpc) is 2.80. The van der Waals surface area contributed by atoms with Crippen molar-refractivity contribution in [2.45, 2.75) is 26.3 Å². The highest BCUT2D eigenvalue weighted by Crippen LogP contribution is 2.21. The van der Waals surface area contributed by atoms with Crippen LogP contribution in [-0.2, 0) is 13.0 Å². The number of aromatic nitrogens is 2. The fourth-order valence-electron chi connectivity index (χ4n) is 1.97. The molecule has 0 fully saturated rings. The lowest BCUT2D eigenvalue weighted by Gasteiger charge is -2.12. The highest BCUT2D eigenvalue weighted by atomic mass is 15.2. The summed E-state index contributed by atoms with van der Waals surface area (Å²) >= 11 is 0. The summed E-state index contributed by atoms with van der Waals surface area (Å²) < 4.78 is 2.04. The van der Waals surface area contributed by atoms with Gasteiger partial charge in [-0.05, 0) is 18.1 Å². The first-order chi connectivity index (χ1) is 8.85. The molecule has 1 N–H and O–H groups in total. The van der Waals surface area contributed by atoms with Crippen molar-refractivity contribution in [3.05, 3.63) is 54.9 Å². The highest BCUT2D eigenvalue weighted by molar-refractivity contribution is 5.58. The summed E-state index contributed by atoms with van der Waals surface area (Å²) in [6.07, 6.45) is 7.83. The Labute approximate surface area is 108 Å². The Balaban J connectivity index is 2.22. The molecule has 18 heavy (non-hydrogen) atoms. The van der Waals surface area contributed by atoms with E-state index in [9.17, 15) is 0 Å². The van der Waals surface area contributed by atoms with Crippen molar-refractivity contribution in [1.82, 2.24) is 9.55 Å². The van der Waals surface area contributed by atoms with Gasteiger partial charge < -0.3 is 9.88 Å². The topological polar surface area (TPSA) is 29.9 Å². The summed E-state index contributed by atoms with van der Waals surface area (Å²) in [4.78, 5) is 4.34. The Morgan fingerprint density at radius 3 is 3.00 bits per heavy atom. The second-order valence-corrected chi connectivity index (χ2v) is 4.22. The minimum absolute atomic E-state index is 0.762. The van der Waals surface area contributed by atoms with E-state index in [0.717, 1.165) is 31.0 Å². The van der Waals surface area contributed by atoms with Crippen LogP contribution in [0.5, 0.6) is 0 Å². The highest BCUT2D eigenvalue weighted by Gasteiger charge is 2.05. The van der Waals surface area contributed by atoms with Crippen LogP contribution in [0.3, 0.4) is 0 Å². The molecule has 0 atom stereocenters. The largest absolute Gasteiger partial charge is 0.325 e. The van der Waals surface area contributed by atoms with Crippen molar-refractivity contribution in [2.75, 3.05) is 5.32 Å². The number of rotatable bonds is 6. The molecule has 0 aliphatic carbocycles. The minimum Gasteiger partial charge on any atom is -0.325 e. The van der Waals surface area contributed by atoms with Crippen molar-refractivity contribution in [1.29, 1.82) is 0 Å². The molecule has 0 saturated heterocycles. The summed E-state index contributed by atoms with van der Waals surface area (Å²) in [7, 11) is 0. The predicted molar refractivity (Wildman–Crippen MR) is 76.1 cm³/mol. The van der Waals surface area contributed by atoms with E-state index < -0.39 is 0 Å². The van der Waals surface area contributed by atoms with Gasteiger partial charge in [0, 0.05) is 24.6 Å². The zero-order valence-corrected chi connectivity index (χ0v) is 10.8. The van der Waals surface area contributed by atoms with Gasteiger partial charge in [-0.1, -0.05) is 37.6 Å². The number of nitrogens with one attached hydrogen (secondary N) is 1. The van der Waals surface area contributed by atoms with E-state index in [1.807, 2.05) is 22.9 Å². The van der Waals surface area contributed by atoms with Gasteiger partial charge >= 0.3 is 0 Å². The molecular formula is C15H19N3. The van der Waals surface area contributed by atoms with Crippen LogP contribution in [0, 0.1) is 0 Å². The first-order valence-corrected chi connectivity index (χ1v) is 6.32. The fraction of sp³-hybridized carbons (Fsp3) is 0.267. The molecular weight excluding hydrogens is 222 g/mol. The summed E-state index contributed by atoms with van der Waals surface area (Å²) in [6.45, 7) is 6.71. The molecule has 0 saturated carbocycles. The average molecular weight is 241 g/mol. The predicted octanol–water partition coefficient (Wildman–Crippen LogP) is 3.77. The molecule has 3 nitrogen and oxygen atoms in total. The summed E-state index contributed by atoms with van der Waals surface area (Å²) in [5.74, 6) is 0.860. The molecule has 1 aromatic carbocycles. The first kappa shape index (κ1) is 12.4. The zero-order valence-electron chi connectivity index (χ0n) is 10.8. The quantitative estimate of drug-likeness (QED) is 0.780. The third kappa shape index (κ3) is 2.80. The minimum atomic E-state index is 0.762. The maximum atomic E-state index is 4.34. The molecule has 0 bridgehead atoms. The number of hydrogen-bond donors (Lipinski definition) is 1. The molecule has 0 amide bonds. The van der Waals surface area contributed by atoms with E-state index in [1.54, 1.807) is 6.20 Å². The first-order valence-electron chi connectivity index (χ1n) is 6.32. The van der Waals surface area contributed by atoms with Gasteiger partial charge in [0.2, 0.25) is 5.95 Å². The number of aryl methyl sites for hydroxylation is 1. The molecule has 2 aromatic rings. The number of allylic oxidation sites excluding steroid dienone is 1. The van der Waals surface area contributed by atoms with Gasteiger partial charge in [-0.15, -0.1) is 6.58 Å². The van der Waals surface area contributed by atoms with Crippen LogP contribution >= 0.6 is 0 Å². The van der Waals surface area contributed by atoms with Crippen LogP contribution in [0.25, 0.3) is 0 Å². The van der Waals surface area contributed by atoms with Gasteiger partial charge in [-0.3, -0.25) is 0 Å². The van der Waals surface area contributed by atoms with Gasteiger partial charge in [0.05, 0.1) is 0 Å². The fourth-order valence-corrected chi connectivity index (χ4v) is 1.97. The van der Waals surface area contributed by atoms with E-state index in [2.05, 4.69) is 42.0 Å². The van der Waals surface area contributed by atoms with E-state index in [4.69, 9.17) is 0 Å². The molecule has 0 aliphatic rings. The summed E-state index contributed by atoms with van der Waals surface area (Å²) in [6, 6.07) is 8.37. The van der Waals surface area contributed by atoms with Crippen molar-refractivity contribution < 1.29 is 0 Å². The van der Waals surface area contributed by atoms with E-state index in [0.29, 0.717) is 0 Å². The Morgan fingerprint density at radius 1 is 1.39 bits per heavy atom. The van der Waals surface area contributed by atoms with Gasteiger partial charge in [0.25, 0.3) is 0 Å². The van der Waals surface area contributed by atoms with Crippen molar-refractivity contribution in [3.8, 4) is 0 Å². The van der Waals surface area contributed by atoms with Crippen molar-refractivity contribution in [2.24, 2.45) is 0 Å². The van der Waals surface area contributed by atoms with Gasteiger partial charge in [-0.25, -0.2) is 4.98 Å². The maximum absolute atomic E-state index is 4.34. The third-order valence-corrected chi connectivity index (χ3v) is 2.82. The molecule has 94 valence electrons. The molecule has 1 heterocycles. The molecule has 2 rings (SSSR count). The van der Waals surface area contributed by atoms with Crippen LogP contribution in [-0.4, -0.2) is 9.55 Å². The van der Waals surface area contributed by atoms with E-state index in [1.165, 1.54) is 5.56 Å². The second kappa shape index (κ2) is 6.05. The number of anilines is 2. The number of nitrogens with zero attached hydrogens (tertiary/aromatic N) is 2. The summed E-state index contributed by atoms with van der Waals surface area (Å²) in [5.41, 5.74) is 2.46. The Kier molecular flexibility index (Phi) is 4.18. The molecule has 0 aliphatic heterocycles. The lowest BCUT2D eigenvalue weighted by molar-refractivity contribution is 0.831. The van der Waals surface area contributed by atoms with Crippen LogP contribution in [0.1, 0.15) is 18.9 Å². The van der Waals surface area contributed by atoms with E-state index >= 15 is 0 Å². The standard InChI is InChI=1S/C15H19N3/c1-3-7-13-8-5-6-9-14(13)17-15-16-10-12-18(15)11-4-2/h4-6,8-10,12H,2-3,7,11H2,1H3,(H,16,17). The molecule has 1 aromatic heterocycles. The van der Waals surface area contributed by atoms with E-state index in [-0.39, 0.29) is 0 Å². The van der Waals surface area contributed by atoms with Crippen molar-refractivity contribution in [3.63, 3.8) is 0 Å². The SMILES string of the molecule is C=CCn1ccnc1Nc1ccccc1CCC. The van der Waals surface area contributed by atoms with Crippen LogP contribution in [0.4, 0.5) is 11.6 Å². The molecule has 3 heteroatoms. The van der Waals surface area contributed by atoms with Gasteiger partial charge in [0.1, 0.15) is 0 Å². The lowest BCUT2D eigenvalue weighted by atomic mass is 10.1. The molecule has 0 spiro atoms. The number of para-hydroxylation sites is 1. The molecule has 0 unspecified atom stereocenters. The van der Waals surface area contributed by atoms with Crippen LogP contribution < -0.4 is 5.32 Å². The third-order valence-electron chi connectivity index (χ3n) is 2.82. The maximum Gasteiger partial charge on any atom is 0.207 e. The zero-order chi connectivity index (χ0) is 12.8. The monoisotopic (exact) mass is 241 g/mol. The van der Waals surface area contributed by atoms with Crippen LogP contribution in [0.2, 0.25) is 0 Å². The Bertz CT molecular complexity index is 514. The Morgan fingerprint density at radius 2 is 2.22 bits per heavy atom. The lowest BCUT2D eigenvalue weighted by Crippen LogP contribution is -2.03. The Hall–Kier alpha value is -2.03. The van der Waals surface area contributed by atoms with Crippen molar-refractivity contribution >= 4 is 11.6 Å². The van der Waals surface area contributed by atoms with Gasteiger partial charge in [-0.2, -0.15) is 0 Å². The van der Waals surface area contributed by atoms with Crippen LogP contribution in [0.15, 0.2) is 49.3 Å². The number of benzene rings is 1. The molecule has 0 radical (unpaired) electrons. The number of imidazole rings is 1. The normalized spacial score (nSPS) is 10.3. The number of hydrogen-bond acceptors (Lipinski definition) is 2. The second-order valence-electron chi connectivity index (χ2n) is 4.22. The van der Waals surface area contributed by atoms with Gasteiger partial charge in [0.15, 0.2) is 0 Å². The smallest absolute Gasteiger partial charge is 0.207 e.